The summed E-state index contributed by atoms with van der Waals surface area (Å²) in [7, 11) is 1.63. The normalized spacial score (nSPS) is 13.9. The molecule has 0 aliphatic carbocycles. The van der Waals surface area contributed by atoms with Gasteiger partial charge in [0.25, 0.3) is 0 Å². The third kappa shape index (κ3) is 4.91. The fourth-order valence-corrected chi connectivity index (χ4v) is 5.07. The minimum atomic E-state index is -0.0978. The van der Waals surface area contributed by atoms with Crippen LogP contribution in [0.5, 0.6) is 5.75 Å². The summed E-state index contributed by atoms with van der Waals surface area (Å²) in [6.45, 7) is 2.81. The third-order valence-electron chi connectivity index (χ3n) is 7.34. The number of anilines is 3. The zero-order chi connectivity index (χ0) is 27.6. The van der Waals surface area contributed by atoms with E-state index >= 15 is 0 Å². The third-order valence-corrected chi connectivity index (χ3v) is 7.34. The van der Waals surface area contributed by atoms with Gasteiger partial charge in [-0.15, -0.1) is 15.3 Å². The van der Waals surface area contributed by atoms with E-state index in [9.17, 15) is 9.59 Å². The lowest BCUT2D eigenvalue weighted by Gasteiger charge is -2.30. The lowest BCUT2D eigenvalue weighted by Crippen LogP contribution is -2.40. The van der Waals surface area contributed by atoms with Gasteiger partial charge in [-0.05, 0) is 61.4 Å². The van der Waals surface area contributed by atoms with Crippen molar-refractivity contribution in [3.63, 3.8) is 0 Å². The molecule has 2 amide bonds. The standard InChI is InChI=1S/C30H29N7O3/c1-19(38)36-17-15-21(16-18-36)30(39)32-23-11-9-22(10-12-23)31-27-25-5-3-4-6-26(25)29-34-33-28(37(29)35-27)20-7-13-24(40-2)14-8-20/h3-14,21H,15-18H2,1-2H3,(H,31,35)(H,32,39). The number of nitrogens with one attached hydrogen (secondary N) is 2. The number of piperidine rings is 1. The van der Waals surface area contributed by atoms with E-state index in [0.717, 1.165) is 33.5 Å². The highest BCUT2D eigenvalue weighted by molar-refractivity contribution is 6.01. The van der Waals surface area contributed by atoms with Crippen molar-refractivity contribution in [2.24, 2.45) is 5.92 Å². The number of amides is 2. The largest absolute Gasteiger partial charge is 0.497 e. The first-order chi connectivity index (χ1) is 19.5. The number of carbonyl (C=O) groups excluding carboxylic acids is 2. The molecule has 1 fully saturated rings. The van der Waals surface area contributed by atoms with Gasteiger partial charge >= 0.3 is 0 Å². The van der Waals surface area contributed by atoms with Gasteiger partial charge in [-0.2, -0.15) is 4.52 Å². The fraction of sp³-hybridized carbons (Fsp3) is 0.233. The summed E-state index contributed by atoms with van der Waals surface area (Å²) in [4.78, 5) is 26.1. The van der Waals surface area contributed by atoms with Crippen molar-refractivity contribution in [1.29, 1.82) is 0 Å². The monoisotopic (exact) mass is 535 g/mol. The molecule has 10 heteroatoms. The van der Waals surface area contributed by atoms with Crippen molar-refractivity contribution in [3.8, 4) is 17.1 Å². The maximum atomic E-state index is 12.8. The smallest absolute Gasteiger partial charge is 0.227 e. The Morgan fingerprint density at radius 3 is 2.23 bits per heavy atom. The predicted octanol–water partition coefficient (Wildman–Crippen LogP) is 4.89. The Morgan fingerprint density at radius 2 is 1.55 bits per heavy atom. The SMILES string of the molecule is COc1ccc(-c2nnc3c4ccccc4c(Nc4ccc(NC(=O)C5CCN(C(C)=O)CC5)cc4)nn23)cc1. The van der Waals surface area contributed by atoms with Gasteiger partial charge < -0.3 is 20.3 Å². The van der Waals surface area contributed by atoms with Crippen LogP contribution >= 0.6 is 0 Å². The van der Waals surface area contributed by atoms with Crippen LogP contribution in [0.25, 0.3) is 27.8 Å². The molecule has 1 aliphatic rings. The Hall–Kier alpha value is -4.99. The zero-order valence-electron chi connectivity index (χ0n) is 22.3. The summed E-state index contributed by atoms with van der Waals surface area (Å²) in [5, 5.41) is 22.0. The average Bonchev–Trinajstić information content (AvgIpc) is 3.42. The molecule has 0 saturated carbocycles. The number of hydrogen-bond donors (Lipinski definition) is 2. The number of nitrogens with zero attached hydrogens (tertiary/aromatic N) is 5. The minimum Gasteiger partial charge on any atom is -0.497 e. The van der Waals surface area contributed by atoms with Gasteiger partial charge in [0, 0.05) is 53.6 Å². The van der Waals surface area contributed by atoms with Crippen molar-refractivity contribution in [1.82, 2.24) is 24.7 Å². The van der Waals surface area contributed by atoms with Crippen LogP contribution in [-0.4, -0.2) is 56.7 Å². The van der Waals surface area contributed by atoms with E-state index < -0.39 is 0 Å². The van der Waals surface area contributed by atoms with Crippen LogP contribution in [0.4, 0.5) is 17.2 Å². The molecule has 0 spiro atoms. The first-order valence-corrected chi connectivity index (χ1v) is 13.2. The van der Waals surface area contributed by atoms with Gasteiger partial charge in [-0.3, -0.25) is 9.59 Å². The van der Waals surface area contributed by atoms with Gasteiger partial charge in [0.2, 0.25) is 11.8 Å². The summed E-state index contributed by atoms with van der Waals surface area (Å²) in [6.07, 6.45) is 1.35. The fourth-order valence-electron chi connectivity index (χ4n) is 5.07. The molecule has 3 heterocycles. The first kappa shape index (κ1) is 25.3. The van der Waals surface area contributed by atoms with E-state index in [-0.39, 0.29) is 17.7 Å². The second-order valence-electron chi connectivity index (χ2n) is 9.85. The Labute approximate surface area is 231 Å². The molecule has 10 nitrogen and oxygen atoms in total. The Morgan fingerprint density at radius 1 is 0.875 bits per heavy atom. The molecule has 202 valence electrons. The number of benzene rings is 3. The van der Waals surface area contributed by atoms with Crippen LogP contribution in [0.3, 0.4) is 0 Å². The second-order valence-corrected chi connectivity index (χ2v) is 9.85. The van der Waals surface area contributed by atoms with Crippen LogP contribution in [0.1, 0.15) is 19.8 Å². The summed E-state index contributed by atoms with van der Waals surface area (Å²) in [5.41, 5.74) is 3.08. The Kier molecular flexibility index (Phi) is 6.73. The zero-order valence-corrected chi connectivity index (χ0v) is 22.3. The molecule has 0 radical (unpaired) electrons. The van der Waals surface area contributed by atoms with Crippen LogP contribution in [-0.2, 0) is 9.59 Å². The molecular weight excluding hydrogens is 506 g/mol. The molecule has 6 rings (SSSR count). The van der Waals surface area contributed by atoms with E-state index in [2.05, 4.69) is 20.8 Å². The number of carbonyl (C=O) groups is 2. The highest BCUT2D eigenvalue weighted by Gasteiger charge is 2.26. The van der Waals surface area contributed by atoms with Gasteiger partial charge in [0.05, 0.1) is 7.11 Å². The number of likely N-dealkylation sites (tertiary alicyclic amines) is 1. The van der Waals surface area contributed by atoms with Gasteiger partial charge in [-0.25, -0.2) is 0 Å². The average molecular weight is 536 g/mol. The summed E-state index contributed by atoms with van der Waals surface area (Å²) in [5.74, 6) is 1.99. The van der Waals surface area contributed by atoms with Crippen LogP contribution in [0, 0.1) is 5.92 Å². The number of hydrogen-bond acceptors (Lipinski definition) is 7. The van der Waals surface area contributed by atoms with Crippen molar-refractivity contribution in [2.75, 3.05) is 30.8 Å². The second kappa shape index (κ2) is 10.6. The lowest BCUT2D eigenvalue weighted by molar-refractivity contribution is -0.132. The molecule has 2 aromatic heterocycles. The molecule has 0 unspecified atom stereocenters. The minimum absolute atomic E-state index is 0.0132. The highest BCUT2D eigenvalue weighted by atomic mass is 16.5. The van der Waals surface area contributed by atoms with Crippen molar-refractivity contribution in [3.05, 3.63) is 72.8 Å². The first-order valence-electron chi connectivity index (χ1n) is 13.2. The van der Waals surface area contributed by atoms with E-state index in [4.69, 9.17) is 9.84 Å². The molecule has 40 heavy (non-hydrogen) atoms. The molecule has 3 aromatic carbocycles. The van der Waals surface area contributed by atoms with E-state index in [1.165, 1.54) is 0 Å². The van der Waals surface area contributed by atoms with Crippen molar-refractivity contribution < 1.29 is 14.3 Å². The van der Waals surface area contributed by atoms with Crippen LogP contribution < -0.4 is 15.4 Å². The highest BCUT2D eigenvalue weighted by Crippen LogP contribution is 2.30. The predicted molar refractivity (Wildman–Crippen MR) is 154 cm³/mol. The molecule has 5 aromatic rings. The Balaban J connectivity index is 1.23. The summed E-state index contributed by atoms with van der Waals surface area (Å²) in [6, 6.07) is 23.1. The van der Waals surface area contributed by atoms with Gasteiger partial charge in [-0.1, -0.05) is 24.3 Å². The van der Waals surface area contributed by atoms with Crippen LogP contribution in [0.15, 0.2) is 72.8 Å². The van der Waals surface area contributed by atoms with Crippen molar-refractivity contribution >= 4 is 45.4 Å². The van der Waals surface area contributed by atoms with Gasteiger partial charge in [0.1, 0.15) is 5.75 Å². The number of aromatic nitrogens is 4. The topological polar surface area (TPSA) is 114 Å². The number of ether oxygens (including phenoxy) is 1. The molecule has 1 saturated heterocycles. The lowest BCUT2D eigenvalue weighted by atomic mass is 9.96. The summed E-state index contributed by atoms with van der Waals surface area (Å²) < 4.78 is 7.03. The molecule has 1 aliphatic heterocycles. The molecular formula is C30H29N7O3. The quantitative estimate of drug-likeness (QED) is 0.318. The summed E-state index contributed by atoms with van der Waals surface area (Å²) >= 11 is 0. The van der Waals surface area contributed by atoms with E-state index in [1.807, 2.05) is 72.8 Å². The van der Waals surface area contributed by atoms with Crippen LogP contribution in [0.2, 0.25) is 0 Å². The van der Waals surface area contributed by atoms with E-state index in [1.54, 1.807) is 23.4 Å². The molecule has 0 bridgehead atoms. The molecule has 2 N–H and O–H groups in total. The number of methoxy groups -OCH3 is 1. The molecule has 0 atom stereocenters. The van der Waals surface area contributed by atoms with E-state index in [0.29, 0.717) is 43.2 Å². The number of rotatable bonds is 6. The maximum Gasteiger partial charge on any atom is 0.227 e. The van der Waals surface area contributed by atoms with Gasteiger partial charge in [0.15, 0.2) is 17.3 Å². The maximum absolute atomic E-state index is 12.8. The van der Waals surface area contributed by atoms with Crippen molar-refractivity contribution in [2.45, 2.75) is 19.8 Å². The Bertz CT molecular complexity index is 1690. The number of fused-ring (bicyclic) bond motifs is 3.